The lowest BCUT2D eigenvalue weighted by atomic mass is 9.78. The molecule has 2 aromatic rings. The van der Waals surface area contributed by atoms with Crippen molar-refractivity contribution >= 4 is 23.9 Å². The van der Waals surface area contributed by atoms with Crippen LogP contribution in [0.25, 0.3) is 0 Å². The molecule has 2 aliphatic rings. The average Bonchev–Trinajstić information content (AvgIpc) is 3.26. The summed E-state index contributed by atoms with van der Waals surface area (Å²) in [6.45, 7) is 5.67. The van der Waals surface area contributed by atoms with Crippen LogP contribution < -0.4 is 9.47 Å². The van der Waals surface area contributed by atoms with Gasteiger partial charge in [-0.15, -0.1) is 0 Å². The number of unbranched alkanes of at least 4 members (excludes halogenated alkanes) is 4. The first-order chi connectivity index (χ1) is 28.2. The van der Waals surface area contributed by atoms with Crippen LogP contribution in [-0.2, 0) is 28.5 Å². The Labute approximate surface area is 347 Å². The SMILES string of the molecule is CCCCCC1CCC(CCCOc2ccc(C(=O)O[C@@H](C(=O)OC)[C@@H](OC(=O)c3ccc(OCCCC4CCC(CCCCC)CC4)cc3)C(=O)OC)cc2)CC1. The number of benzene rings is 2. The first-order valence-corrected chi connectivity index (χ1v) is 22.3. The van der Waals surface area contributed by atoms with Crippen LogP contribution in [0, 0.1) is 23.7 Å². The highest BCUT2D eigenvalue weighted by Crippen LogP contribution is 2.35. The van der Waals surface area contributed by atoms with E-state index < -0.39 is 36.1 Å². The third kappa shape index (κ3) is 15.9. The van der Waals surface area contributed by atoms with Gasteiger partial charge in [-0.05, 0) is 97.9 Å². The van der Waals surface area contributed by atoms with Crippen molar-refractivity contribution in [3.8, 4) is 11.5 Å². The first kappa shape index (κ1) is 46.6. The number of carbonyl (C=O) groups is 4. The molecule has 2 atom stereocenters. The summed E-state index contributed by atoms with van der Waals surface area (Å²) in [5.41, 5.74) is 0.209. The maximum atomic E-state index is 13.2. The zero-order chi connectivity index (χ0) is 41.5. The summed E-state index contributed by atoms with van der Waals surface area (Å²) < 4.78 is 32.4. The van der Waals surface area contributed by atoms with Gasteiger partial charge in [-0.1, -0.05) is 117 Å². The van der Waals surface area contributed by atoms with Gasteiger partial charge in [-0.3, -0.25) is 0 Å². The van der Waals surface area contributed by atoms with Crippen LogP contribution in [0.3, 0.4) is 0 Å². The van der Waals surface area contributed by atoms with Crippen LogP contribution >= 0.6 is 0 Å². The Bertz CT molecular complexity index is 1380. The van der Waals surface area contributed by atoms with Gasteiger partial charge in [0.1, 0.15) is 11.5 Å². The number of hydrogen-bond donors (Lipinski definition) is 0. The van der Waals surface area contributed by atoms with Gasteiger partial charge < -0.3 is 28.4 Å². The molecule has 2 aliphatic carbocycles. The van der Waals surface area contributed by atoms with E-state index in [0.29, 0.717) is 24.7 Å². The monoisotopic (exact) mass is 806 g/mol. The Hall–Kier alpha value is -4.08. The van der Waals surface area contributed by atoms with Crippen molar-refractivity contribution in [2.75, 3.05) is 27.4 Å². The summed E-state index contributed by atoms with van der Waals surface area (Å²) >= 11 is 0. The lowest BCUT2D eigenvalue weighted by molar-refractivity contribution is -0.170. The fourth-order valence-electron chi connectivity index (χ4n) is 8.55. The van der Waals surface area contributed by atoms with Gasteiger partial charge in [0.2, 0.25) is 12.2 Å². The van der Waals surface area contributed by atoms with E-state index in [1.165, 1.54) is 127 Å². The zero-order valence-electron chi connectivity index (χ0n) is 35.7. The van der Waals surface area contributed by atoms with Gasteiger partial charge in [-0.25, -0.2) is 19.2 Å². The molecule has 0 spiro atoms. The van der Waals surface area contributed by atoms with E-state index in [0.717, 1.165) is 63.6 Å². The molecule has 0 unspecified atom stereocenters. The van der Waals surface area contributed by atoms with Crippen molar-refractivity contribution in [1.29, 1.82) is 0 Å². The largest absolute Gasteiger partial charge is 0.494 e. The Balaban J connectivity index is 1.21. The maximum absolute atomic E-state index is 13.2. The number of ether oxygens (including phenoxy) is 6. The summed E-state index contributed by atoms with van der Waals surface area (Å²) in [6, 6.07) is 12.6. The van der Waals surface area contributed by atoms with Gasteiger partial charge in [0.15, 0.2) is 0 Å². The number of methoxy groups -OCH3 is 2. The van der Waals surface area contributed by atoms with Crippen molar-refractivity contribution in [2.45, 2.75) is 154 Å². The second-order valence-electron chi connectivity index (χ2n) is 16.5. The lowest BCUT2D eigenvalue weighted by Crippen LogP contribution is -2.47. The van der Waals surface area contributed by atoms with Crippen LogP contribution in [0.4, 0.5) is 0 Å². The molecular formula is C48H70O10. The summed E-state index contributed by atoms with van der Waals surface area (Å²) in [6.07, 6.45) is 21.7. The molecule has 4 rings (SSSR count). The molecular weight excluding hydrogens is 737 g/mol. The second-order valence-corrected chi connectivity index (χ2v) is 16.5. The summed E-state index contributed by atoms with van der Waals surface area (Å²) in [5.74, 6) is 0.495. The highest BCUT2D eigenvalue weighted by molar-refractivity contribution is 5.96. The minimum absolute atomic E-state index is 0.104. The molecule has 0 amide bonds. The Morgan fingerprint density at radius 2 is 0.793 bits per heavy atom. The molecule has 2 aromatic carbocycles. The van der Waals surface area contributed by atoms with E-state index >= 15 is 0 Å². The minimum Gasteiger partial charge on any atom is -0.494 e. The van der Waals surface area contributed by atoms with Gasteiger partial charge in [0, 0.05) is 0 Å². The van der Waals surface area contributed by atoms with E-state index in [4.69, 9.17) is 28.4 Å². The Kier molecular flexibility index (Phi) is 21.0. The van der Waals surface area contributed by atoms with Gasteiger partial charge in [0.25, 0.3) is 0 Å². The number of hydrogen-bond acceptors (Lipinski definition) is 10. The van der Waals surface area contributed by atoms with Crippen molar-refractivity contribution < 1.29 is 47.6 Å². The smallest absolute Gasteiger partial charge is 0.351 e. The lowest BCUT2D eigenvalue weighted by Gasteiger charge is -2.28. The molecule has 2 fully saturated rings. The normalized spacial score (nSPS) is 20.3. The van der Waals surface area contributed by atoms with E-state index in [2.05, 4.69) is 13.8 Å². The molecule has 0 aliphatic heterocycles. The molecule has 0 bridgehead atoms. The quantitative estimate of drug-likeness (QED) is 0.0544. The fraction of sp³-hybridized carbons (Fsp3) is 0.667. The second kappa shape index (κ2) is 26.1. The van der Waals surface area contributed by atoms with Gasteiger partial charge in [0.05, 0.1) is 38.6 Å². The zero-order valence-corrected chi connectivity index (χ0v) is 35.7. The van der Waals surface area contributed by atoms with Gasteiger partial charge >= 0.3 is 23.9 Å². The van der Waals surface area contributed by atoms with Crippen LogP contribution in [0.2, 0.25) is 0 Å². The maximum Gasteiger partial charge on any atom is 0.351 e. The molecule has 10 nitrogen and oxygen atoms in total. The van der Waals surface area contributed by atoms with Crippen molar-refractivity contribution in [3.63, 3.8) is 0 Å². The number of esters is 4. The third-order valence-electron chi connectivity index (χ3n) is 12.2. The van der Waals surface area contributed by atoms with E-state index in [1.54, 1.807) is 24.3 Å². The van der Waals surface area contributed by atoms with E-state index in [-0.39, 0.29) is 11.1 Å². The predicted molar refractivity (Wildman–Crippen MR) is 224 cm³/mol. The number of rotatable bonds is 25. The average molecular weight is 807 g/mol. The predicted octanol–water partition coefficient (Wildman–Crippen LogP) is 10.9. The molecule has 0 aromatic heterocycles. The van der Waals surface area contributed by atoms with Crippen molar-refractivity contribution in [3.05, 3.63) is 59.7 Å². The third-order valence-corrected chi connectivity index (χ3v) is 12.2. The highest BCUT2D eigenvalue weighted by Gasteiger charge is 2.42. The summed E-state index contributed by atoms with van der Waals surface area (Å²) in [5, 5.41) is 0. The highest BCUT2D eigenvalue weighted by atomic mass is 16.6. The molecule has 58 heavy (non-hydrogen) atoms. The topological polar surface area (TPSA) is 124 Å². The molecule has 2 saturated carbocycles. The van der Waals surface area contributed by atoms with Gasteiger partial charge in [-0.2, -0.15) is 0 Å². The minimum atomic E-state index is -1.92. The molecule has 10 heteroatoms. The fourth-order valence-corrected chi connectivity index (χ4v) is 8.55. The standard InChI is InChI=1S/C48H70O10/c1-5-7-9-13-35-17-21-37(22-18-35)15-11-33-55-41-29-25-39(26-30-41)45(49)57-43(47(51)53-3)44(48(52)54-4)58-46(50)40-27-31-42(32-28-40)56-34-12-16-38-23-19-36(20-24-38)14-10-8-6-2/h25-32,35-38,43-44H,5-24,33-34H2,1-4H3/t35?,36?,37?,38?,43-,44-/m1/s1. The van der Waals surface area contributed by atoms with Crippen LogP contribution in [0.1, 0.15) is 163 Å². The molecule has 322 valence electrons. The van der Waals surface area contributed by atoms with E-state index in [9.17, 15) is 19.2 Å². The van der Waals surface area contributed by atoms with Crippen LogP contribution in [0.15, 0.2) is 48.5 Å². The molecule has 0 heterocycles. The van der Waals surface area contributed by atoms with Crippen molar-refractivity contribution in [1.82, 2.24) is 0 Å². The molecule has 0 saturated heterocycles. The number of carbonyl (C=O) groups excluding carboxylic acids is 4. The van der Waals surface area contributed by atoms with Crippen molar-refractivity contribution in [2.24, 2.45) is 23.7 Å². The summed E-state index contributed by atoms with van der Waals surface area (Å²) in [4.78, 5) is 52.1. The summed E-state index contributed by atoms with van der Waals surface area (Å²) in [7, 11) is 2.15. The first-order valence-electron chi connectivity index (χ1n) is 22.3. The Morgan fingerprint density at radius 1 is 0.483 bits per heavy atom. The molecule has 0 radical (unpaired) electrons. The van der Waals surface area contributed by atoms with Crippen LogP contribution in [0.5, 0.6) is 11.5 Å². The van der Waals surface area contributed by atoms with E-state index in [1.807, 2.05) is 0 Å². The van der Waals surface area contributed by atoms with Crippen LogP contribution in [-0.4, -0.2) is 63.5 Å². The Morgan fingerprint density at radius 3 is 1.09 bits per heavy atom. The molecule has 0 N–H and O–H groups in total.